The summed E-state index contributed by atoms with van der Waals surface area (Å²) >= 11 is -4.68. The predicted molar refractivity (Wildman–Crippen MR) is 178 cm³/mol. The molecule has 0 fully saturated rings. The number of carbonyl (C=O) groups is 2. The van der Waals surface area contributed by atoms with E-state index in [0.29, 0.717) is 21.7 Å². The zero-order valence-corrected chi connectivity index (χ0v) is 29.7. The van der Waals surface area contributed by atoms with Crippen molar-refractivity contribution < 1.29 is 42.1 Å². The van der Waals surface area contributed by atoms with Crippen LogP contribution in [0.25, 0.3) is 0 Å². The third-order valence-electron chi connectivity index (χ3n) is 7.61. The van der Waals surface area contributed by atoms with Gasteiger partial charge in [-0.2, -0.15) is 0 Å². The van der Waals surface area contributed by atoms with Gasteiger partial charge in [-0.3, -0.25) is 0 Å². The quantitative estimate of drug-likeness (QED) is 0.0978. The molecule has 0 amide bonds. The molecule has 0 aliphatic rings. The second-order valence-corrected chi connectivity index (χ2v) is 20.6. The van der Waals surface area contributed by atoms with Gasteiger partial charge in [-0.1, -0.05) is 0 Å². The van der Waals surface area contributed by atoms with Crippen molar-refractivity contribution in [3.8, 4) is 0 Å². The molecule has 4 aromatic carbocycles. The van der Waals surface area contributed by atoms with Crippen LogP contribution in [0, 0.1) is 0 Å². The van der Waals surface area contributed by atoms with Crippen LogP contribution in [0.1, 0.15) is 71.4 Å². The normalized spacial score (nSPS) is 11.9. The summed E-state index contributed by atoms with van der Waals surface area (Å²) in [5.41, 5.74) is -0.979. The zero-order valence-electron chi connectivity index (χ0n) is 26.9. The number of unbranched alkanes of at least 4 members (excludes halogenated alkanes) is 2. The number of para-hydroxylation sites is 2. The van der Waals surface area contributed by atoms with Crippen LogP contribution in [-0.4, -0.2) is 31.1 Å². The summed E-state index contributed by atoms with van der Waals surface area (Å²) in [5, 5.41) is 5.77. The van der Waals surface area contributed by atoms with Crippen molar-refractivity contribution in [2.45, 2.75) is 60.8 Å². The molecule has 0 saturated carbocycles. The Balaban J connectivity index is 1.64. The van der Waals surface area contributed by atoms with Gasteiger partial charge in [0.15, 0.2) is 0 Å². The average Bonchev–Trinajstić information content (AvgIpc) is 3.06. The molecule has 6 nitrogen and oxygen atoms in total. The van der Waals surface area contributed by atoms with E-state index in [1.54, 1.807) is 24.3 Å². The summed E-state index contributed by atoms with van der Waals surface area (Å²) in [5.74, 6) is -1.55. The van der Waals surface area contributed by atoms with Gasteiger partial charge in [-0.05, 0) is 0 Å². The maximum absolute atomic E-state index is 13.9. The molecule has 260 valence electrons. The fourth-order valence-corrected chi connectivity index (χ4v) is 14.7. The van der Waals surface area contributed by atoms with Gasteiger partial charge in [0.25, 0.3) is 0 Å². The van der Waals surface area contributed by atoms with E-state index in [9.17, 15) is 35.9 Å². The summed E-state index contributed by atoms with van der Waals surface area (Å²) in [6, 6.07) is 21.6. The van der Waals surface area contributed by atoms with Gasteiger partial charge in [-0.15, -0.1) is 0 Å². The minimum absolute atomic E-state index is 0.0524. The van der Waals surface area contributed by atoms with Crippen molar-refractivity contribution in [2.75, 3.05) is 10.6 Å². The molecule has 0 heterocycles. The Labute approximate surface area is 285 Å². The van der Waals surface area contributed by atoms with Crippen molar-refractivity contribution >= 4 is 53.9 Å². The summed E-state index contributed by atoms with van der Waals surface area (Å²) in [7, 11) is 0. The molecule has 0 spiro atoms. The molecule has 4 rings (SSSR count). The number of anilines is 4. The first kappa shape index (κ1) is 37.6. The Bertz CT molecular complexity index is 1620. The van der Waals surface area contributed by atoms with E-state index < -0.39 is 54.6 Å². The average molecular weight is 793 g/mol. The van der Waals surface area contributed by atoms with Crippen molar-refractivity contribution in [1.29, 1.82) is 0 Å². The summed E-state index contributed by atoms with van der Waals surface area (Å²) in [4.78, 5) is 27.8. The number of hydrogen-bond acceptors (Lipinski definition) is 6. The van der Waals surface area contributed by atoms with E-state index in [1.807, 2.05) is 13.8 Å². The molecule has 49 heavy (non-hydrogen) atoms. The molecule has 0 radical (unpaired) electrons. The van der Waals surface area contributed by atoms with Gasteiger partial charge in [0, 0.05) is 0 Å². The van der Waals surface area contributed by atoms with Crippen LogP contribution in [-0.2, 0) is 18.5 Å². The van der Waals surface area contributed by atoms with E-state index in [2.05, 4.69) is 10.6 Å². The molecular weight excluding hydrogens is 757 g/mol. The van der Waals surface area contributed by atoms with Crippen LogP contribution in [0.3, 0.4) is 0 Å². The monoisotopic (exact) mass is 794 g/mol. The number of hydrogen-bond donors (Lipinski definition) is 2. The van der Waals surface area contributed by atoms with Crippen LogP contribution in [0.2, 0.25) is 8.87 Å². The van der Waals surface area contributed by atoms with Gasteiger partial charge < -0.3 is 0 Å². The Morgan fingerprint density at radius 1 is 0.592 bits per heavy atom. The fourth-order valence-electron chi connectivity index (χ4n) is 5.09. The predicted octanol–water partition coefficient (Wildman–Crippen LogP) is 11.3. The second kappa shape index (κ2) is 16.5. The van der Waals surface area contributed by atoms with Crippen molar-refractivity contribution in [1.82, 2.24) is 0 Å². The van der Waals surface area contributed by atoms with E-state index in [0.717, 1.165) is 37.1 Å². The van der Waals surface area contributed by atoms with Crippen LogP contribution in [0.4, 0.5) is 49.1 Å². The maximum atomic E-state index is 13.9. The second-order valence-electron chi connectivity index (χ2n) is 11.4. The van der Waals surface area contributed by atoms with Crippen LogP contribution in [0.15, 0.2) is 97.1 Å². The molecule has 13 heteroatoms. The zero-order chi connectivity index (χ0) is 35.7. The molecule has 2 N–H and O–H groups in total. The number of carbonyl (C=O) groups excluding carboxylic acids is 2. The molecule has 4 aromatic rings. The third kappa shape index (κ3) is 10.4. The molecule has 0 bridgehead atoms. The van der Waals surface area contributed by atoms with Gasteiger partial charge in [0.1, 0.15) is 0 Å². The van der Waals surface area contributed by atoms with Gasteiger partial charge in [0.2, 0.25) is 0 Å². The third-order valence-corrected chi connectivity index (χ3v) is 17.2. The molecule has 0 atom stereocenters. The van der Waals surface area contributed by atoms with E-state index >= 15 is 0 Å². The first-order chi connectivity index (χ1) is 23.2. The van der Waals surface area contributed by atoms with Crippen molar-refractivity contribution in [3.63, 3.8) is 0 Å². The van der Waals surface area contributed by atoms with Crippen molar-refractivity contribution in [2.24, 2.45) is 0 Å². The van der Waals surface area contributed by atoms with Crippen LogP contribution < -0.4 is 10.6 Å². The number of nitrogens with one attached hydrogen (secondary N) is 2. The standard InChI is InChI=1S/2C14H10F3NO2.2C4H9.Sn/c2*15-14(16,17)9-4-3-5-10(8-9)18-12-7-2-1-6-11(12)13(19)20;2*1-3-4-2;/h2*1-8,18H,(H,19,20);2*1,3-4H2,2H3;/q;;;;+2/p-2. The molecule has 0 aromatic heterocycles. The Hall–Kier alpha value is -4.20. The number of alkyl halides is 6. The number of halogens is 6. The number of benzene rings is 4. The topological polar surface area (TPSA) is 76.7 Å². The number of rotatable bonds is 14. The minimum atomic E-state index is -4.68. The van der Waals surface area contributed by atoms with Gasteiger partial charge >= 0.3 is 287 Å². The summed E-state index contributed by atoms with van der Waals surface area (Å²) in [6.45, 7) is 3.89. The Morgan fingerprint density at radius 3 is 1.35 bits per heavy atom. The first-order valence-electron chi connectivity index (χ1n) is 15.8. The van der Waals surface area contributed by atoms with Gasteiger partial charge in [-0.25, -0.2) is 0 Å². The summed E-state index contributed by atoms with van der Waals surface area (Å²) < 4.78 is 93.3. The van der Waals surface area contributed by atoms with Gasteiger partial charge in [0.05, 0.1) is 0 Å². The molecule has 0 aliphatic heterocycles. The Kier molecular flexibility index (Phi) is 12.6. The molecular formula is C36H36F6N2O4Sn. The van der Waals surface area contributed by atoms with E-state index in [-0.39, 0.29) is 33.9 Å². The molecule has 0 saturated heterocycles. The van der Waals surface area contributed by atoms with E-state index in [4.69, 9.17) is 6.15 Å². The fraction of sp³-hybridized carbons (Fsp3) is 0.278. The van der Waals surface area contributed by atoms with E-state index in [1.165, 1.54) is 48.5 Å². The Morgan fingerprint density at radius 2 is 0.980 bits per heavy atom. The van der Waals surface area contributed by atoms with Crippen LogP contribution >= 0.6 is 0 Å². The SMILES string of the molecule is CCC[CH2][Sn]([CH2]CCC)([O]C(=O)c1ccccc1Nc1cccc(C(F)(F)F)c1)[O]C(=O)c1ccccc1Nc1cccc(C(F)(F)F)c1. The van der Waals surface area contributed by atoms with Crippen molar-refractivity contribution in [3.05, 3.63) is 119 Å². The molecule has 0 aliphatic carbocycles. The molecule has 0 unspecified atom stereocenters. The summed E-state index contributed by atoms with van der Waals surface area (Å²) in [6.07, 6.45) is -6.46. The first-order valence-corrected chi connectivity index (χ1v) is 22.1. The van der Waals surface area contributed by atoms with Crippen LogP contribution in [0.5, 0.6) is 0 Å².